The summed E-state index contributed by atoms with van der Waals surface area (Å²) in [4.78, 5) is 18.7. The Morgan fingerprint density at radius 2 is 2.16 bits per heavy atom. The molecular formula is C18H24N4O2S. The summed E-state index contributed by atoms with van der Waals surface area (Å²) in [5.74, 6) is 2.42. The summed E-state index contributed by atoms with van der Waals surface area (Å²) in [5, 5.41) is 11.3. The van der Waals surface area contributed by atoms with E-state index >= 15 is 0 Å². The zero-order chi connectivity index (χ0) is 17.4. The van der Waals surface area contributed by atoms with Crippen molar-refractivity contribution in [3.8, 4) is 5.88 Å². The average Bonchev–Trinajstić information content (AvgIpc) is 3.30. The fourth-order valence-corrected chi connectivity index (χ4v) is 5.01. The number of aromatic hydroxyl groups is 1. The van der Waals surface area contributed by atoms with Crippen LogP contribution in [0, 0.1) is 5.92 Å². The van der Waals surface area contributed by atoms with Gasteiger partial charge in [-0.2, -0.15) is 0 Å². The maximum Gasteiger partial charge on any atom is 0.240 e. The number of carbonyl (C=O) groups excluding carboxylic acids is 1. The SMILES string of the molecule is N[C@H](C(=O)N1CCSC1)C1CCC(n2cc3ncccc3c2O)CC1. The molecule has 2 fully saturated rings. The fraction of sp³-hybridized carbons (Fsp3) is 0.556. The van der Waals surface area contributed by atoms with Gasteiger partial charge in [0.15, 0.2) is 0 Å². The maximum atomic E-state index is 12.5. The number of hydrogen-bond acceptors (Lipinski definition) is 5. The standard InChI is InChI=1S/C18H24N4O2S/c19-16(18(24)21-8-9-25-11-21)12-3-5-13(6-4-12)22-10-15-14(17(22)23)2-1-7-20-15/h1-2,7,10,12-13,16,23H,3-6,8-9,11,19H2/t12?,13?,16-/m0/s1. The molecule has 25 heavy (non-hydrogen) atoms. The van der Waals surface area contributed by atoms with E-state index in [-0.39, 0.29) is 17.9 Å². The smallest absolute Gasteiger partial charge is 0.240 e. The molecule has 2 aliphatic rings. The van der Waals surface area contributed by atoms with Crippen LogP contribution < -0.4 is 5.73 Å². The van der Waals surface area contributed by atoms with Crippen molar-refractivity contribution >= 4 is 28.6 Å². The first kappa shape index (κ1) is 16.7. The summed E-state index contributed by atoms with van der Waals surface area (Å²) in [5.41, 5.74) is 7.10. The Morgan fingerprint density at radius 1 is 1.36 bits per heavy atom. The predicted octanol–water partition coefficient (Wildman–Crippen LogP) is 2.33. The van der Waals surface area contributed by atoms with Crippen LogP contribution in [0.3, 0.4) is 0 Å². The molecule has 0 spiro atoms. The quantitative estimate of drug-likeness (QED) is 0.878. The third-order valence-electron chi connectivity index (χ3n) is 5.58. The summed E-state index contributed by atoms with van der Waals surface area (Å²) in [7, 11) is 0. The van der Waals surface area contributed by atoms with E-state index in [4.69, 9.17) is 5.73 Å². The molecule has 1 amide bonds. The molecule has 3 heterocycles. The number of carbonyl (C=O) groups is 1. The van der Waals surface area contributed by atoms with Crippen molar-refractivity contribution in [2.24, 2.45) is 11.7 Å². The van der Waals surface area contributed by atoms with Crippen LogP contribution in [0.25, 0.3) is 10.9 Å². The van der Waals surface area contributed by atoms with Crippen LogP contribution in [-0.4, -0.2) is 49.7 Å². The van der Waals surface area contributed by atoms with Gasteiger partial charge in [0.2, 0.25) is 11.8 Å². The fourth-order valence-electron chi connectivity index (χ4n) is 4.06. The minimum Gasteiger partial charge on any atom is -0.494 e. The van der Waals surface area contributed by atoms with E-state index in [0.717, 1.165) is 54.8 Å². The van der Waals surface area contributed by atoms with Crippen molar-refractivity contribution in [3.63, 3.8) is 0 Å². The Kier molecular flexibility index (Phi) is 4.60. The molecule has 6 nitrogen and oxygen atoms in total. The van der Waals surface area contributed by atoms with Crippen molar-refractivity contribution < 1.29 is 9.90 Å². The van der Waals surface area contributed by atoms with Crippen LogP contribution in [0.2, 0.25) is 0 Å². The summed E-state index contributed by atoms with van der Waals surface area (Å²) in [6.45, 7) is 0.823. The van der Waals surface area contributed by atoms with E-state index < -0.39 is 6.04 Å². The van der Waals surface area contributed by atoms with E-state index in [0.29, 0.717) is 5.88 Å². The number of nitrogens with zero attached hydrogens (tertiary/aromatic N) is 3. The second-order valence-corrected chi connectivity index (χ2v) is 8.10. The van der Waals surface area contributed by atoms with Gasteiger partial charge in [0, 0.05) is 30.7 Å². The van der Waals surface area contributed by atoms with E-state index in [9.17, 15) is 9.90 Å². The van der Waals surface area contributed by atoms with E-state index in [1.54, 1.807) is 18.0 Å². The number of pyridine rings is 1. The molecule has 4 rings (SSSR count). The van der Waals surface area contributed by atoms with Gasteiger partial charge in [-0.3, -0.25) is 9.78 Å². The molecule has 3 N–H and O–H groups in total. The van der Waals surface area contributed by atoms with Gasteiger partial charge in [-0.1, -0.05) is 0 Å². The van der Waals surface area contributed by atoms with Gasteiger partial charge >= 0.3 is 0 Å². The van der Waals surface area contributed by atoms with Crippen LogP contribution in [0.15, 0.2) is 24.5 Å². The van der Waals surface area contributed by atoms with Crippen molar-refractivity contribution in [1.29, 1.82) is 0 Å². The lowest BCUT2D eigenvalue weighted by Gasteiger charge is -2.33. The third kappa shape index (κ3) is 3.11. The molecule has 7 heteroatoms. The summed E-state index contributed by atoms with van der Waals surface area (Å²) in [6.07, 6.45) is 7.36. The number of fused-ring (bicyclic) bond motifs is 1. The van der Waals surface area contributed by atoms with Gasteiger partial charge < -0.3 is 20.3 Å². The lowest BCUT2D eigenvalue weighted by atomic mass is 9.81. The first-order valence-corrected chi connectivity index (χ1v) is 10.1. The summed E-state index contributed by atoms with van der Waals surface area (Å²) >= 11 is 1.79. The van der Waals surface area contributed by atoms with Gasteiger partial charge in [-0.15, -0.1) is 11.8 Å². The molecule has 0 bridgehead atoms. The Labute approximate surface area is 151 Å². The highest BCUT2D eigenvalue weighted by atomic mass is 32.2. The van der Waals surface area contributed by atoms with Crippen LogP contribution in [0.1, 0.15) is 31.7 Å². The van der Waals surface area contributed by atoms with Crippen LogP contribution in [0.4, 0.5) is 0 Å². The molecule has 1 saturated carbocycles. The van der Waals surface area contributed by atoms with Gasteiger partial charge in [0.25, 0.3) is 0 Å². The Bertz CT molecular complexity index is 764. The summed E-state index contributed by atoms with van der Waals surface area (Å²) < 4.78 is 1.94. The van der Waals surface area contributed by atoms with Gasteiger partial charge in [-0.25, -0.2) is 0 Å². The highest BCUT2D eigenvalue weighted by molar-refractivity contribution is 7.99. The number of nitrogens with two attached hydrogens (primary N) is 1. The van der Waals surface area contributed by atoms with Gasteiger partial charge in [0.1, 0.15) is 0 Å². The first-order chi connectivity index (χ1) is 12.1. The Hall–Kier alpha value is -1.73. The molecule has 1 atom stereocenters. The van der Waals surface area contributed by atoms with Gasteiger partial charge in [-0.05, 0) is 43.7 Å². The zero-order valence-electron chi connectivity index (χ0n) is 14.2. The lowest BCUT2D eigenvalue weighted by molar-refractivity contribution is -0.132. The number of hydrogen-bond donors (Lipinski definition) is 2. The molecule has 0 aromatic carbocycles. The molecule has 1 aliphatic heterocycles. The Balaban J connectivity index is 1.42. The molecule has 1 saturated heterocycles. The van der Waals surface area contributed by atoms with Gasteiger partial charge in [0.05, 0.1) is 22.8 Å². The second kappa shape index (κ2) is 6.88. The molecule has 2 aromatic heterocycles. The first-order valence-electron chi connectivity index (χ1n) is 8.92. The number of amides is 1. The van der Waals surface area contributed by atoms with Crippen molar-refractivity contribution in [1.82, 2.24) is 14.5 Å². The predicted molar refractivity (Wildman–Crippen MR) is 99.4 cm³/mol. The maximum absolute atomic E-state index is 12.5. The number of rotatable bonds is 3. The van der Waals surface area contributed by atoms with E-state index in [1.807, 2.05) is 27.8 Å². The third-order valence-corrected chi connectivity index (χ3v) is 6.54. The van der Waals surface area contributed by atoms with Crippen molar-refractivity contribution in [3.05, 3.63) is 24.5 Å². The van der Waals surface area contributed by atoms with E-state index in [1.165, 1.54) is 0 Å². The minimum atomic E-state index is -0.390. The topological polar surface area (TPSA) is 84.4 Å². The Morgan fingerprint density at radius 3 is 2.84 bits per heavy atom. The number of aromatic nitrogens is 2. The number of thioether (sulfide) groups is 1. The summed E-state index contributed by atoms with van der Waals surface area (Å²) in [6, 6.07) is 3.58. The minimum absolute atomic E-state index is 0.104. The van der Waals surface area contributed by atoms with Crippen LogP contribution >= 0.6 is 11.8 Å². The van der Waals surface area contributed by atoms with Crippen molar-refractivity contribution in [2.45, 2.75) is 37.8 Å². The molecule has 134 valence electrons. The largest absolute Gasteiger partial charge is 0.494 e. The molecule has 0 radical (unpaired) electrons. The highest BCUT2D eigenvalue weighted by Gasteiger charge is 2.33. The monoisotopic (exact) mass is 360 g/mol. The highest BCUT2D eigenvalue weighted by Crippen LogP contribution is 2.38. The second-order valence-electron chi connectivity index (χ2n) is 7.03. The molecule has 2 aromatic rings. The van der Waals surface area contributed by atoms with Crippen LogP contribution in [0.5, 0.6) is 5.88 Å². The lowest BCUT2D eigenvalue weighted by Crippen LogP contribution is -2.47. The molecule has 0 unspecified atom stereocenters. The molecular weight excluding hydrogens is 336 g/mol. The zero-order valence-corrected chi connectivity index (χ0v) is 15.0. The van der Waals surface area contributed by atoms with Crippen molar-refractivity contribution in [2.75, 3.05) is 18.2 Å². The van der Waals surface area contributed by atoms with Crippen LogP contribution in [-0.2, 0) is 4.79 Å². The normalized spacial score (nSPS) is 25.4. The molecule has 1 aliphatic carbocycles. The average molecular weight is 360 g/mol. The van der Waals surface area contributed by atoms with E-state index in [2.05, 4.69) is 4.98 Å².